The number of methoxy groups -OCH3 is 1. The van der Waals surface area contributed by atoms with Crippen LogP contribution >= 0.6 is 0 Å². The number of rotatable bonds is 11. The first-order valence-electron chi connectivity index (χ1n) is 15.9. The first-order valence-corrected chi connectivity index (χ1v) is 17.3. The number of likely N-dealkylation sites (tertiary alicyclic amines) is 1. The number of nitrogens with zero attached hydrogens (tertiary/aromatic N) is 3. The third-order valence-electron chi connectivity index (χ3n) is 8.58. The summed E-state index contributed by atoms with van der Waals surface area (Å²) in [5.74, 6) is 0.111. The van der Waals surface area contributed by atoms with Crippen molar-refractivity contribution >= 4 is 32.7 Å². The lowest BCUT2D eigenvalue weighted by Gasteiger charge is -2.32. The maximum atomic E-state index is 13.8. The highest BCUT2D eigenvalue weighted by Gasteiger charge is 2.33. The zero-order valence-corrected chi connectivity index (χ0v) is 27.3. The summed E-state index contributed by atoms with van der Waals surface area (Å²) in [7, 11) is -2.43. The van der Waals surface area contributed by atoms with Crippen molar-refractivity contribution in [2.75, 3.05) is 46.5 Å². The molecule has 0 unspecified atom stereocenters. The van der Waals surface area contributed by atoms with Gasteiger partial charge in [-0.1, -0.05) is 37.5 Å². The molecule has 3 heterocycles. The SMILES string of the molecule is COc1ccc(S(=O)(=O)N(CCO)CCO[C@H]2C[C@@H](c3cn(C(C)=O)c4ccccc34)C=C(C(=O)N3CCCCCCC3)O2)cc1. The minimum atomic E-state index is -3.93. The Morgan fingerprint density at radius 2 is 1.70 bits per heavy atom. The van der Waals surface area contributed by atoms with E-state index in [2.05, 4.69) is 0 Å². The highest BCUT2D eigenvalue weighted by atomic mass is 32.2. The summed E-state index contributed by atoms with van der Waals surface area (Å²) in [5, 5.41) is 10.6. The second kappa shape index (κ2) is 15.3. The Kier molecular flexibility index (Phi) is 11.2. The van der Waals surface area contributed by atoms with Gasteiger partial charge in [-0.3, -0.25) is 14.2 Å². The molecule has 5 rings (SSSR count). The molecule has 248 valence electrons. The standard InChI is InChI=1S/C34H43N3O8S/c1-25(39)37-24-30(29-10-6-7-11-31(29)37)26-22-32(34(40)35-16-8-4-3-5-9-17-35)45-33(23-26)44-21-19-36(18-20-38)46(41,42)28-14-12-27(43-2)13-15-28/h6-7,10-15,22,24,26,33,38H,3-5,8-9,16-21,23H2,1-2H3/t26-,33+/m0/s1. The number of fused-ring (bicyclic) bond motifs is 1. The molecule has 12 heteroatoms. The lowest BCUT2D eigenvalue weighted by Crippen LogP contribution is -2.39. The van der Waals surface area contributed by atoms with E-state index in [4.69, 9.17) is 14.2 Å². The van der Waals surface area contributed by atoms with E-state index in [1.54, 1.807) is 16.7 Å². The number of amides is 1. The van der Waals surface area contributed by atoms with Crippen LogP contribution in [0, 0.1) is 0 Å². The Labute approximate surface area is 270 Å². The van der Waals surface area contributed by atoms with Gasteiger partial charge in [0, 0.05) is 57.0 Å². The van der Waals surface area contributed by atoms with Crippen LogP contribution in [0.2, 0.25) is 0 Å². The number of carbonyl (C=O) groups excluding carboxylic acids is 2. The second-order valence-electron chi connectivity index (χ2n) is 11.6. The Balaban J connectivity index is 1.38. The highest BCUT2D eigenvalue weighted by molar-refractivity contribution is 7.89. The molecule has 1 N–H and O–H groups in total. The molecule has 0 radical (unpaired) electrons. The van der Waals surface area contributed by atoms with Crippen LogP contribution < -0.4 is 4.74 Å². The maximum Gasteiger partial charge on any atom is 0.288 e. The number of allylic oxidation sites excluding steroid dienone is 1. The van der Waals surface area contributed by atoms with Crippen LogP contribution in [0.1, 0.15) is 61.7 Å². The van der Waals surface area contributed by atoms with E-state index >= 15 is 0 Å². The van der Waals surface area contributed by atoms with Gasteiger partial charge in [-0.15, -0.1) is 0 Å². The Hall–Kier alpha value is -3.71. The molecule has 3 aromatic rings. The van der Waals surface area contributed by atoms with Crippen molar-refractivity contribution in [3.05, 3.63) is 72.1 Å². The molecule has 2 atom stereocenters. The van der Waals surface area contributed by atoms with Crippen molar-refractivity contribution in [2.24, 2.45) is 0 Å². The number of para-hydroxylation sites is 1. The number of aliphatic hydroxyl groups is 1. The molecule has 0 spiro atoms. The molecule has 2 aromatic carbocycles. The number of carbonyl (C=O) groups is 2. The average molecular weight is 654 g/mol. The molecule has 46 heavy (non-hydrogen) atoms. The summed E-state index contributed by atoms with van der Waals surface area (Å²) < 4.78 is 47.0. The molecular weight excluding hydrogens is 610 g/mol. The van der Waals surface area contributed by atoms with Gasteiger partial charge in [-0.25, -0.2) is 8.42 Å². The van der Waals surface area contributed by atoms with Crippen LogP contribution in [0.15, 0.2) is 71.5 Å². The fraction of sp³-hybridized carbons (Fsp3) is 0.471. The Bertz CT molecular complexity index is 1640. The van der Waals surface area contributed by atoms with Gasteiger partial charge in [-0.2, -0.15) is 4.31 Å². The van der Waals surface area contributed by atoms with Crippen molar-refractivity contribution in [3.8, 4) is 5.75 Å². The third-order valence-corrected chi connectivity index (χ3v) is 10.5. The third kappa shape index (κ3) is 7.63. The maximum absolute atomic E-state index is 13.8. The minimum Gasteiger partial charge on any atom is -0.497 e. The predicted molar refractivity (Wildman–Crippen MR) is 173 cm³/mol. The lowest BCUT2D eigenvalue weighted by atomic mass is 9.92. The number of sulfonamides is 1. The monoisotopic (exact) mass is 653 g/mol. The lowest BCUT2D eigenvalue weighted by molar-refractivity contribution is -0.153. The van der Waals surface area contributed by atoms with Crippen LogP contribution in [0.5, 0.6) is 5.75 Å². The normalized spacial score (nSPS) is 19.3. The Morgan fingerprint density at radius 3 is 2.37 bits per heavy atom. The number of hydrogen-bond acceptors (Lipinski definition) is 8. The minimum absolute atomic E-state index is 0.0346. The molecule has 0 bridgehead atoms. The van der Waals surface area contributed by atoms with Gasteiger partial charge in [0.25, 0.3) is 5.91 Å². The second-order valence-corrected chi connectivity index (χ2v) is 13.6. The number of aromatic nitrogens is 1. The van der Waals surface area contributed by atoms with Gasteiger partial charge in [0.15, 0.2) is 5.76 Å². The van der Waals surface area contributed by atoms with Crippen molar-refractivity contribution in [1.29, 1.82) is 0 Å². The van der Waals surface area contributed by atoms with Crippen molar-refractivity contribution in [1.82, 2.24) is 13.8 Å². The molecule has 0 saturated carbocycles. The van der Waals surface area contributed by atoms with Crippen LogP contribution in [0.25, 0.3) is 10.9 Å². The van der Waals surface area contributed by atoms with E-state index in [1.165, 1.54) is 32.6 Å². The van der Waals surface area contributed by atoms with Crippen molar-refractivity contribution in [2.45, 2.75) is 62.6 Å². The smallest absolute Gasteiger partial charge is 0.288 e. The van der Waals surface area contributed by atoms with Gasteiger partial charge < -0.3 is 24.2 Å². The van der Waals surface area contributed by atoms with Gasteiger partial charge in [-0.05, 0) is 54.8 Å². The van der Waals surface area contributed by atoms with Crippen LogP contribution in [0.3, 0.4) is 0 Å². The topological polar surface area (TPSA) is 128 Å². The van der Waals surface area contributed by atoms with Gasteiger partial charge in [0.05, 0.1) is 30.7 Å². The summed E-state index contributed by atoms with van der Waals surface area (Å²) in [6.45, 7) is 2.26. The fourth-order valence-electron chi connectivity index (χ4n) is 6.14. The highest BCUT2D eigenvalue weighted by Crippen LogP contribution is 2.37. The number of ether oxygens (including phenoxy) is 3. The summed E-state index contributed by atoms with van der Waals surface area (Å²) >= 11 is 0. The van der Waals surface area contributed by atoms with Crippen LogP contribution in [-0.2, 0) is 24.3 Å². The zero-order valence-electron chi connectivity index (χ0n) is 26.5. The Morgan fingerprint density at radius 1 is 1.00 bits per heavy atom. The van der Waals surface area contributed by atoms with Gasteiger partial charge in [0.1, 0.15) is 5.75 Å². The van der Waals surface area contributed by atoms with Crippen molar-refractivity contribution in [3.63, 3.8) is 0 Å². The summed E-state index contributed by atoms with van der Waals surface area (Å²) in [6, 6.07) is 13.7. The van der Waals surface area contributed by atoms with Gasteiger partial charge >= 0.3 is 0 Å². The van der Waals surface area contributed by atoms with Crippen LogP contribution in [-0.4, -0.2) is 91.9 Å². The van der Waals surface area contributed by atoms with E-state index in [0.717, 1.165) is 46.5 Å². The first-order chi connectivity index (χ1) is 22.2. The molecule has 1 saturated heterocycles. The van der Waals surface area contributed by atoms with Crippen LogP contribution in [0.4, 0.5) is 0 Å². The predicted octanol–water partition coefficient (Wildman–Crippen LogP) is 4.52. The summed E-state index contributed by atoms with van der Waals surface area (Å²) in [6.07, 6.45) is 8.34. The molecule has 11 nitrogen and oxygen atoms in total. The summed E-state index contributed by atoms with van der Waals surface area (Å²) in [4.78, 5) is 28.2. The molecule has 1 aromatic heterocycles. The quantitative estimate of drug-likeness (QED) is 0.320. The van der Waals surface area contributed by atoms with E-state index in [9.17, 15) is 23.1 Å². The molecule has 0 aliphatic carbocycles. The molecule has 2 aliphatic heterocycles. The van der Waals surface area contributed by atoms with E-state index in [0.29, 0.717) is 25.3 Å². The number of benzene rings is 2. The summed E-state index contributed by atoms with van der Waals surface area (Å²) in [5.41, 5.74) is 1.66. The molecule has 1 amide bonds. The van der Waals surface area contributed by atoms with Gasteiger partial charge in [0.2, 0.25) is 22.2 Å². The van der Waals surface area contributed by atoms with Crippen molar-refractivity contribution < 1.29 is 37.3 Å². The molecule has 2 aliphatic rings. The first kappa shape index (κ1) is 33.6. The number of aliphatic hydroxyl groups excluding tert-OH is 1. The molecule has 1 fully saturated rings. The average Bonchev–Trinajstić information content (AvgIpc) is 3.44. The van der Waals surface area contributed by atoms with E-state index in [1.807, 2.05) is 41.4 Å². The molecular formula is C34H43N3O8S. The largest absolute Gasteiger partial charge is 0.497 e. The van der Waals surface area contributed by atoms with E-state index in [-0.39, 0.29) is 54.7 Å². The zero-order chi connectivity index (χ0) is 32.7. The number of hydrogen-bond donors (Lipinski definition) is 1. The van der Waals surface area contributed by atoms with E-state index < -0.39 is 16.3 Å². The fourth-order valence-corrected chi connectivity index (χ4v) is 7.56.